The van der Waals surface area contributed by atoms with E-state index in [1.807, 2.05) is 12.1 Å². The summed E-state index contributed by atoms with van der Waals surface area (Å²) >= 11 is 1.80. The van der Waals surface area contributed by atoms with E-state index in [0.717, 1.165) is 18.7 Å². The van der Waals surface area contributed by atoms with E-state index in [1.54, 1.807) is 11.8 Å². The Bertz CT molecular complexity index is 505. The molecule has 3 unspecified atom stereocenters. The van der Waals surface area contributed by atoms with Gasteiger partial charge in [0.1, 0.15) is 0 Å². The van der Waals surface area contributed by atoms with E-state index in [9.17, 15) is 4.79 Å². The molecule has 1 amide bonds. The van der Waals surface area contributed by atoms with Crippen molar-refractivity contribution in [3.05, 3.63) is 29.8 Å². The highest BCUT2D eigenvalue weighted by Crippen LogP contribution is 2.41. The maximum atomic E-state index is 12.9. The first-order valence-electron chi connectivity index (χ1n) is 7.44. The first-order valence-corrected chi connectivity index (χ1v) is 8.43. The van der Waals surface area contributed by atoms with Crippen molar-refractivity contribution in [1.29, 1.82) is 0 Å². The molecule has 1 saturated heterocycles. The summed E-state index contributed by atoms with van der Waals surface area (Å²) in [5.41, 5.74) is 7.12. The number of carbonyl (C=O) groups excluding carboxylic acids is 1. The van der Waals surface area contributed by atoms with Crippen LogP contribution in [0.5, 0.6) is 0 Å². The lowest BCUT2D eigenvalue weighted by molar-refractivity contribution is -0.137. The third kappa shape index (κ3) is 2.35. The average molecular weight is 290 g/mol. The van der Waals surface area contributed by atoms with Crippen LogP contribution in [-0.4, -0.2) is 35.7 Å². The molecule has 1 aromatic rings. The zero-order valence-electron chi connectivity index (χ0n) is 11.9. The van der Waals surface area contributed by atoms with Crippen LogP contribution in [0.25, 0.3) is 0 Å². The third-order valence-corrected chi connectivity index (χ3v) is 5.82. The Morgan fingerprint density at radius 3 is 3.05 bits per heavy atom. The van der Waals surface area contributed by atoms with Crippen molar-refractivity contribution in [2.75, 3.05) is 18.8 Å². The lowest BCUT2D eigenvalue weighted by Crippen LogP contribution is -2.52. The van der Waals surface area contributed by atoms with E-state index >= 15 is 0 Å². The van der Waals surface area contributed by atoms with Gasteiger partial charge in [-0.15, -0.1) is 11.8 Å². The van der Waals surface area contributed by atoms with Crippen molar-refractivity contribution in [3.63, 3.8) is 0 Å². The molecule has 0 radical (unpaired) electrons. The van der Waals surface area contributed by atoms with Crippen LogP contribution in [0.4, 0.5) is 0 Å². The fourth-order valence-electron chi connectivity index (χ4n) is 3.45. The summed E-state index contributed by atoms with van der Waals surface area (Å²) in [7, 11) is 0. The molecule has 20 heavy (non-hydrogen) atoms. The van der Waals surface area contributed by atoms with Crippen LogP contribution < -0.4 is 5.73 Å². The van der Waals surface area contributed by atoms with E-state index < -0.39 is 0 Å². The average Bonchev–Trinajstić information content (AvgIpc) is 2.90. The summed E-state index contributed by atoms with van der Waals surface area (Å²) in [6.07, 6.45) is 2.28. The summed E-state index contributed by atoms with van der Waals surface area (Å²) in [6, 6.07) is 8.51. The van der Waals surface area contributed by atoms with Gasteiger partial charge in [-0.25, -0.2) is 0 Å². The molecule has 3 nitrogen and oxygen atoms in total. The fourth-order valence-corrected chi connectivity index (χ4v) is 4.67. The number of carbonyl (C=O) groups is 1. The zero-order chi connectivity index (χ0) is 14.1. The molecule has 4 heteroatoms. The van der Waals surface area contributed by atoms with Crippen LogP contribution in [0, 0.1) is 5.92 Å². The van der Waals surface area contributed by atoms with Crippen molar-refractivity contribution in [2.24, 2.45) is 11.7 Å². The molecule has 2 aliphatic heterocycles. The number of hydrogen-bond acceptors (Lipinski definition) is 3. The molecule has 0 bridgehead atoms. The highest BCUT2D eigenvalue weighted by atomic mass is 32.2. The predicted molar refractivity (Wildman–Crippen MR) is 82.9 cm³/mol. The Hall–Kier alpha value is -1.00. The first kappa shape index (κ1) is 14.0. The van der Waals surface area contributed by atoms with Gasteiger partial charge in [-0.05, 0) is 30.4 Å². The minimum atomic E-state index is 0.0237. The van der Waals surface area contributed by atoms with Crippen LogP contribution in [0.3, 0.4) is 0 Å². The maximum Gasteiger partial charge on any atom is 0.231 e. The van der Waals surface area contributed by atoms with Crippen molar-refractivity contribution in [1.82, 2.24) is 4.90 Å². The SMILES string of the molecule is CC1CCCN(C(=O)C2CSc3ccccc32)C1CN. The second kappa shape index (κ2) is 5.78. The van der Waals surface area contributed by atoms with Gasteiger partial charge in [-0.3, -0.25) is 4.79 Å². The van der Waals surface area contributed by atoms with Crippen molar-refractivity contribution in [3.8, 4) is 0 Å². The van der Waals surface area contributed by atoms with Crippen LogP contribution in [-0.2, 0) is 4.79 Å². The minimum Gasteiger partial charge on any atom is -0.338 e. The Morgan fingerprint density at radius 1 is 1.45 bits per heavy atom. The van der Waals surface area contributed by atoms with E-state index in [1.165, 1.54) is 16.9 Å². The highest BCUT2D eigenvalue weighted by Gasteiger charge is 2.37. The molecule has 3 rings (SSSR count). The van der Waals surface area contributed by atoms with E-state index in [-0.39, 0.29) is 17.9 Å². The number of benzene rings is 1. The molecule has 2 N–H and O–H groups in total. The van der Waals surface area contributed by atoms with E-state index in [4.69, 9.17) is 5.73 Å². The van der Waals surface area contributed by atoms with Crippen molar-refractivity contribution < 1.29 is 4.79 Å². The predicted octanol–water partition coefficient (Wildman–Crippen LogP) is 2.46. The van der Waals surface area contributed by atoms with Crippen LogP contribution in [0.15, 0.2) is 29.2 Å². The summed E-state index contributed by atoms with van der Waals surface area (Å²) in [5, 5.41) is 0. The molecular formula is C16H22N2OS. The lowest BCUT2D eigenvalue weighted by atomic mass is 9.89. The zero-order valence-corrected chi connectivity index (χ0v) is 12.7. The van der Waals surface area contributed by atoms with Crippen molar-refractivity contribution >= 4 is 17.7 Å². The van der Waals surface area contributed by atoms with Gasteiger partial charge in [0.25, 0.3) is 0 Å². The summed E-state index contributed by atoms with van der Waals surface area (Å²) < 4.78 is 0. The van der Waals surface area contributed by atoms with Crippen LogP contribution in [0.1, 0.15) is 31.2 Å². The molecular weight excluding hydrogens is 268 g/mol. The van der Waals surface area contributed by atoms with Gasteiger partial charge in [-0.1, -0.05) is 25.1 Å². The maximum absolute atomic E-state index is 12.9. The molecule has 2 heterocycles. The lowest BCUT2D eigenvalue weighted by Gasteiger charge is -2.40. The topological polar surface area (TPSA) is 46.3 Å². The van der Waals surface area contributed by atoms with Gasteiger partial charge in [0.15, 0.2) is 0 Å². The minimum absolute atomic E-state index is 0.0237. The van der Waals surface area contributed by atoms with Gasteiger partial charge in [0, 0.05) is 29.8 Å². The normalized spacial score (nSPS) is 29.3. The number of rotatable bonds is 2. The summed E-state index contributed by atoms with van der Waals surface area (Å²) in [5.74, 6) is 1.70. The fraction of sp³-hybridized carbons (Fsp3) is 0.562. The Morgan fingerprint density at radius 2 is 2.25 bits per heavy atom. The molecule has 1 fully saturated rings. The van der Waals surface area contributed by atoms with Gasteiger partial charge < -0.3 is 10.6 Å². The number of nitrogens with two attached hydrogens (primary N) is 1. The Labute approximate surface area is 124 Å². The quantitative estimate of drug-likeness (QED) is 0.910. The van der Waals surface area contributed by atoms with E-state index in [0.29, 0.717) is 12.5 Å². The van der Waals surface area contributed by atoms with Crippen LogP contribution in [0.2, 0.25) is 0 Å². The molecule has 1 aromatic carbocycles. The summed E-state index contributed by atoms with van der Waals surface area (Å²) in [4.78, 5) is 16.3. The van der Waals surface area contributed by atoms with Gasteiger partial charge in [0.2, 0.25) is 5.91 Å². The third-order valence-electron chi connectivity index (χ3n) is 4.64. The van der Waals surface area contributed by atoms with E-state index in [2.05, 4.69) is 24.0 Å². The van der Waals surface area contributed by atoms with Gasteiger partial charge in [0.05, 0.1) is 5.92 Å². The highest BCUT2D eigenvalue weighted by molar-refractivity contribution is 7.99. The van der Waals surface area contributed by atoms with Crippen LogP contribution >= 0.6 is 11.8 Å². The monoisotopic (exact) mass is 290 g/mol. The molecule has 0 saturated carbocycles. The molecule has 0 spiro atoms. The molecule has 3 atom stereocenters. The summed E-state index contributed by atoms with van der Waals surface area (Å²) in [6.45, 7) is 3.66. The number of thioether (sulfide) groups is 1. The molecule has 0 aromatic heterocycles. The van der Waals surface area contributed by atoms with Gasteiger partial charge in [-0.2, -0.15) is 0 Å². The number of fused-ring (bicyclic) bond motifs is 1. The molecule has 108 valence electrons. The number of nitrogens with zero attached hydrogens (tertiary/aromatic N) is 1. The second-order valence-electron chi connectivity index (χ2n) is 5.86. The number of likely N-dealkylation sites (tertiary alicyclic amines) is 1. The smallest absolute Gasteiger partial charge is 0.231 e. The van der Waals surface area contributed by atoms with Gasteiger partial charge >= 0.3 is 0 Å². The first-order chi connectivity index (χ1) is 9.72. The largest absolute Gasteiger partial charge is 0.338 e. The molecule has 0 aliphatic carbocycles. The standard InChI is InChI=1S/C16H22N2OS/c1-11-5-4-8-18(14(11)9-17)16(19)13-10-20-15-7-3-2-6-12(13)15/h2-3,6-7,11,13-14H,4-5,8-10,17H2,1H3. The number of hydrogen-bond donors (Lipinski definition) is 1. The Balaban J connectivity index is 1.82. The number of piperidine rings is 1. The second-order valence-corrected chi connectivity index (χ2v) is 6.92. The number of amides is 1. The van der Waals surface area contributed by atoms with Crippen molar-refractivity contribution in [2.45, 2.75) is 36.6 Å². The Kier molecular flexibility index (Phi) is 4.03. The molecule has 2 aliphatic rings.